The van der Waals surface area contributed by atoms with Crippen molar-refractivity contribution in [2.75, 3.05) is 6.54 Å². The minimum atomic E-state index is -0.786. The van der Waals surface area contributed by atoms with Crippen molar-refractivity contribution in [3.05, 3.63) is 35.0 Å². The monoisotopic (exact) mass is 293 g/mol. The molecule has 20 heavy (non-hydrogen) atoms. The standard InChI is InChI=1S/C13H15N3O3S/c1-2-5-16(8-9-4-3-6-20-9)11(17)7-10-12(18)15-13(19)14-10/h2-4,6,10H,1,5,7-8H2,(H2,14,15,18,19)/t10-/m0/s1. The van der Waals surface area contributed by atoms with Crippen molar-refractivity contribution in [2.24, 2.45) is 0 Å². The lowest BCUT2D eigenvalue weighted by Gasteiger charge is -2.21. The summed E-state index contributed by atoms with van der Waals surface area (Å²) in [5.41, 5.74) is 0. The fourth-order valence-corrected chi connectivity index (χ4v) is 2.63. The normalized spacial score (nSPS) is 17.5. The Hall–Kier alpha value is -2.15. The zero-order valence-electron chi connectivity index (χ0n) is 10.8. The lowest BCUT2D eigenvalue weighted by Crippen LogP contribution is -2.38. The topological polar surface area (TPSA) is 78.5 Å². The molecular weight excluding hydrogens is 278 g/mol. The summed E-state index contributed by atoms with van der Waals surface area (Å²) in [5.74, 6) is -0.654. The molecule has 0 spiro atoms. The number of carbonyl (C=O) groups is 3. The van der Waals surface area contributed by atoms with Crippen molar-refractivity contribution in [1.82, 2.24) is 15.5 Å². The zero-order chi connectivity index (χ0) is 14.5. The van der Waals surface area contributed by atoms with E-state index in [2.05, 4.69) is 17.2 Å². The van der Waals surface area contributed by atoms with Crippen molar-refractivity contribution in [3.8, 4) is 0 Å². The van der Waals surface area contributed by atoms with E-state index in [1.807, 2.05) is 17.5 Å². The van der Waals surface area contributed by atoms with Gasteiger partial charge in [0.15, 0.2) is 0 Å². The van der Waals surface area contributed by atoms with Crippen molar-refractivity contribution in [3.63, 3.8) is 0 Å². The maximum atomic E-state index is 12.2. The second-order valence-electron chi connectivity index (χ2n) is 4.36. The molecule has 1 atom stereocenters. The van der Waals surface area contributed by atoms with Gasteiger partial charge in [-0.2, -0.15) is 0 Å². The molecule has 6 nitrogen and oxygen atoms in total. The van der Waals surface area contributed by atoms with Gasteiger partial charge in [0, 0.05) is 11.4 Å². The van der Waals surface area contributed by atoms with Crippen LogP contribution in [0.25, 0.3) is 0 Å². The molecule has 2 rings (SSSR count). The molecule has 4 amide bonds. The third kappa shape index (κ3) is 3.45. The van der Waals surface area contributed by atoms with E-state index in [1.165, 1.54) is 0 Å². The molecule has 2 N–H and O–H groups in total. The number of rotatable bonds is 6. The number of carbonyl (C=O) groups excluding carboxylic acids is 3. The summed E-state index contributed by atoms with van der Waals surface area (Å²) in [6, 6.07) is 2.52. The number of urea groups is 1. The molecule has 7 heteroatoms. The van der Waals surface area contributed by atoms with Crippen molar-refractivity contribution in [1.29, 1.82) is 0 Å². The first-order chi connectivity index (χ1) is 9.60. The van der Waals surface area contributed by atoms with E-state index < -0.39 is 18.0 Å². The van der Waals surface area contributed by atoms with Gasteiger partial charge in [0.1, 0.15) is 6.04 Å². The SMILES string of the molecule is C=CCN(Cc1cccs1)C(=O)C[C@@H]1NC(=O)NC1=O. The van der Waals surface area contributed by atoms with E-state index in [0.29, 0.717) is 13.1 Å². The Kier molecular flexibility index (Phi) is 4.52. The van der Waals surface area contributed by atoms with Crippen LogP contribution in [0, 0.1) is 0 Å². The van der Waals surface area contributed by atoms with Crippen molar-refractivity contribution in [2.45, 2.75) is 19.0 Å². The highest BCUT2D eigenvalue weighted by Crippen LogP contribution is 2.13. The van der Waals surface area contributed by atoms with Crippen LogP contribution in [-0.2, 0) is 16.1 Å². The minimum Gasteiger partial charge on any atom is -0.334 e. The van der Waals surface area contributed by atoms with Gasteiger partial charge in [0.25, 0.3) is 5.91 Å². The molecule has 0 saturated carbocycles. The largest absolute Gasteiger partial charge is 0.334 e. The number of nitrogens with zero attached hydrogens (tertiary/aromatic N) is 1. The third-order valence-electron chi connectivity index (χ3n) is 2.87. The van der Waals surface area contributed by atoms with E-state index in [1.54, 1.807) is 22.3 Å². The summed E-state index contributed by atoms with van der Waals surface area (Å²) < 4.78 is 0. The fraction of sp³-hybridized carbons (Fsp3) is 0.308. The number of nitrogens with one attached hydrogen (secondary N) is 2. The molecule has 0 aliphatic carbocycles. The van der Waals surface area contributed by atoms with Gasteiger partial charge in [-0.05, 0) is 11.4 Å². The lowest BCUT2D eigenvalue weighted by atomic mass is 10.2. The average molecular weight is 293 g/mol. The summed E-state index contributed by atoms with van der Waals surface area (Å²) in [4.78, 5) is 37.3. The molecule has 1 saturated heterocycles. The van der Waals surface area contributed by atoms with Gasteiger partial charge in [-0.1, -0.05) is 12.1 Å². The van der Waals surface area contributed by atoms with Crippen LogP contribution in [0.3, 0.4) is 0 Å². The molecule has 1 aromatic heterocycles. The molecule has 1 aliphatic heterocycles. The predicted octanol–water partition coefficient (Wildman–Crippen LogP) is 0.861. The maximum absolute atomic E-state index is 12.2. The van der Waals surface area contributed by atoms with E-state index in [4.69, 9.17) is 0 Å². The number of hydrogen-bond donors (Lipinski definition) is 2. The summed E-state index contributed by atoms with van der Waals surface area (Å²) in [6.45, 7) is 4.51. The molecule has 1 aromatic rings. The Labute approximate surface area is 120 Å². The molecule has 106 valence electrons. The van der Waals surface area contributed by atoms with Crippen LogP contribution < -0.4 is 10.6 Å². The van der Waals surface area contributed by atoms with Crippen LogP contribution in [0.5, 0.6) is 0 Å². The van der Waals surface area contributed by atoms with Crippen LogP contribution >= 0.6 is 11.3 Å². The first-order valence-electron chi connectivity index (χ1n) is 6.12. The number of hydrogen-bond acceptors (Lipinski definition) is 4. The van der Waals surface area contributed by atoms with Crippen LogP contribution in [0.15, 0.2) is 30.2 Å². The molecular formula is C13H15N3O3S. The van der Waals surface area contributed by atoms with Gasteiger partial charge in [-0.25, -0.2) is 4.79 Å². The average Bonchev–Trinajstić information content (AvgIpc) is 2.99. The first-order valence-corrected chi connectivity index (χ1v) is 7.00. The number of thiophene rings is 1. The smallest absolute Gasteiger partial charge is 0.322 e. The maximum Gasteiger partial charge on any atom is 0.322 e. The fourth-order valence-electron chi connectivity index (χ4n) is 1.91. The van der Waals surface area contributed by atoms with E-state index in [0.717, 1.165) is 4.88 Å². The highest BCUT2D eigenvalue weighted by Gasteiger charge is 2.32. The molecule has 0 radical (unpaired) electrons. The van der Waals surface area contributed by atoms with E-state index in [-0.39, 0.29) is 12.3 Å². The lowest BCUT2D eigenvalue weighted by molar-refractivity contribution is -0.133. The molecule has 1 aliphatic rings. The Morgan fingerprint density at radius 2 is 2.30 bits per heavy atom. The van der Waals surface area contributed by atoms with Crippen LogP contribution in [0.2, 0.25) is 0 Å². The Bertz CT molecular complexity index is 527. The van der Waals surface area contributed by atoms with Crippen LogP contribution in [0.4, 0.5) is 4.79 Å². The van der Waals surface area contributed by atoms with Gasteiger partial charge in [-0.3, -0.25) is 14.9 Å². The van der Waals surface area contributed by atoms with Crippen LogP contribution in [0.1, 0.15) is 11.3 Å². The number of imide groups is 1. The van der Waals surface area contributed by atoms with E-state index in [9.17, 15) is 14.4 Å². The quantitative estimate of drug-likeness (QED) is 0.603. The Morgan fingerprint density at radius 1 is 1.50 bits per heavy atom. The first kappa shape index (κ1) is 14.3. The predicted molar refractivity (Wildman–Crippen MR) is 75.0 cm³/mol. The second kappa shape index (κ2) is 6.33. The molecule has 1 fully saturated rings. The zero-order valence-corrected chi connectivity index (χ0v) is 11.6. The van der Waals surface area contributed by atoms with E-state index >= 15 is 0 Å². The minimum absolute atomic E-state index is 0.0449. The third-order valence-corrected chi connectivity index (χ3v) is 3.73. The van der Waals surface area contributed by atoms with Gasteiger partial charge < -0.3 is 10.2 Å². The van der Waals surface area contributed by atoms with Gasteiger partial charge in [0.2, 0.25) is 5.91 Å². The Morgan fingerprint density at radius 3 is 2.85 bits per heavy atom. The summed E-state index contributed by atoms with van der Waals surface area (Å²) >= 11 is 1.56. The number of amides is 4. The van der Waals surface area contributed by atoms with Gasteiger partial charge in [0.05, 0.1) is 13.0 Å². The highest BCUT2D eigenvalue weighted by atomic mass is 32.1. The second-order valence-corrected chi connectivity index (χ2v) is 5.39. The highest BCUT2D eigenvalue weighted by molar-refractivity contribution is 7.09. The summed E-state index contributed by atoms with van der Waals surface area (Å²) in [6.07, 6.45) is 1.59. The molecule has 0 bridgehead atoms. The van der Waals surface area contributed by atoms with Gasteiger partial charge in [-0.15, -0.1) is 17.9 Å². The molecule has 0 unspecified atom stereocenters. The molecule has 0 aromatic carbocycles. The van der Waals surface area contributed by atoms with Gasteiger partial charge >= 0.3 is 6.03 Å². The molecule has 2 heterocycles. The van der Waals surface area contributed by atoms with Crippen LogP contribution in [-0.4, -0.2) is 35.3 Å². The van der Waals surface area contributed by atoms with Crippen molar-refractivity contribution >= 4 is 29.2 Å². The van der Waals surface area contributed by atoms with Crippen molar-refractivity contribution < 1.29 is 14.4 Å². The Balaban J connectivity index is 1.98. The summed E-state index contributed by atoms with van der Waals surface area (Å²) in [7, 11) is 0. The summed E-state index contributed by atoms with van der Waals surface area (Å²) in [5, 5.41) is 6.47.